The van der Waals surface area contributed by atoms with Gasteiger partial charge in [-0.15, -0.1) is 0 Å². The third-order valence-electron chi connectivity index (χ3n) is 1.89. The smallest absolute Gasteiger partial charge is 0.248 e. The van der Waals surface area contributed by atoms with E-state index >= 15 is 0 Å². The first-order valence-electron chi connectivity index (χ1n) is 5.04. The molecule has 0 aromatic rings. The van der Waals surface area contributed by atoms with Crippen molar-refractivity contribution >= 4 is 5.91 Å². The summed E-state index contributed by atoms with van der Waals surface area (Å²) in [5.74, 6) is 0.0607. The molecule has 0 heterocycles. The molecule has 4 nitrogen and oxygen atoms in total. The molecule has 0 aromatic heterocycles. The lowest BCUT2D eigenvalue weighted by molar-refractivity contribution is -0.134. The zero-order valence-electron chi connectivity index (χ0n) is 9.75. The van der Waals surface area contributed by atoms with Crippen LogP contribution in [0, 0.1) is 0 Å². The maximum atomic E-state index is 11.4. The van der Waals surface area contributed by atoms with Crippen molar-refractivity contribution in [2.75, 3.05) is 47.4 Å². The topological polar surface area (TPSA) is 32.8 Å². The summed E-state index contributed by atoms with van der Waals surface area (Å²) in [5, 5.41) is 0. The number of ether oxygens (including phenoxy) is 1. The van der Waals surface area contributed by atoms with E-state index in [0.717, 1.165) is 19.5 Å². The summed E-state index contributed by atoms with van der Waals surface area (Å²) in [5.41, 5.74) is 0. The molecular weight excluding hydrogens is 180 g/mol. The van der Waals surface area contributed by atoms with Crippen molar-refractivity contribution in [1.82, 2.24) is 9.80 Å². The highest BCUT2D eigenvalue weighted by molar-refractivity contribution is 5.77. The number of hydrogen-bond acceptors (Lipinski definition) is 3. The predicted octanol–water partition coefficient (Wildman–Crippen LogP) is 0.433. The predicted molar refractivity (Wildman–Crippen MR) is 57.3 cm³/mol. The van der Waals surface area contributed by atoms with Gasteiger partial charge < -0.3 is 14.5 Å². The van der Waals surface area contributed by atoms with E-state index in [-0.39, 0.29) is 12.5 Å². The van der Waals surface area contributed by atoms with Crippen molar-refractivity contribution in [3.05, 3.63) is 0 Å². The number of carbonyl (C=O) groups is 1. The van der Waals surface area contributed by atoms with Crippen LogP contribution < -0.4 is 0 Å². The maximum absolute atomic E-state index is 11.4. The molecule has 84 valence electrons. The van der Waals surface area contributed by atoms with E-state index in [0.29, 0.717) is 6.61 Å². The van der Waals surface area contributed by atoms with E-state index in [1.54, 1.807) is 11.9 Å². The minimum atomic E-state index is 0.0607. The molecule has 0 saturated heterocycles. The van der Waals surface area contributed by atoms with Crippen LogP contribution in [0.2, 0.25) is 0 Å². The van der Waals surface area contributed by atoms with E-state index in [1.807, 2.05) is 19.0 Å². The van der Waals surface area contributed by atoms with Gasteiger partial charge in [0.1, 0.15) is 6.61 Å². The zero-order chi connectivity index (χ0) is 11.0. The van der Waals surface area contributed by atoms with Crippen LogP contribution in [0.3, 0.4) is 0 Å². The van der Waals surface area contributed by atoms with Gasteiger partial charge in [0, 0.05) is 20.1 Å². The van der Waals surface area contributed by atoms with Crippen LogP contribution in [0.25, 0.3) is 0 Å². The van der Waals surface area contributed by atoms with E-state index < -0.39 is 0 Å². The summed E-state index contributed by atoms with van der Waals surface area (Å²) in [6.07, 6.45) is 0.986. The number of rotatable bonds is 7. The number of likely N-dealkylation sites (N-methyl/N-ethyl adjacent to an activating group) is 2. The Balaban J connectivity index is 3.44. The molecule has 0 fully saturated rings. The Kier molecular flexibility index (Phi) is 7.42. The molecule has 1 amide bonds. The molecule has 0 N–H and O–H groups in total. The highest BCUT2D eigenvalue weighted by Crippen LogP contribution is 1.89. The molecule has 0 aliphatic carbocycles. The van der Waals surface area contributed by atoms with E-state index in [9.17, 15) is 4.79 Å². The maximum Gasteiger partial charge on any atom is 0.248 e. The van der Waals surface area contributed by atoms with Crippen LogP contribution in [0.5, 0.6) is 0 Å². The molecule has 0 spiro atoms. The van der Waals surface area contributed by atoms with Crippen LogP contribution in [0.4, 0.5) is 0 Å². The Labute approximate surface area is 86.8 Å². The summed E-state index contributed by atoms with van der Waals surface area (Å²) in [7, 11) is 5.77. The van der Waals surface area contributed by atoms with Gasteiger partial charge in [0.25, 0.3) is 0 Å². The first-order valence-corrected chi connectivity index (χ1v) is 5.04. The molecule has 0 aromatic carbocycles. The van der Waals surface area contributed by atoms with Crippen LogP contribution in [0.15, 0.2) is 0 Å². The van der Waals surface area contributed by atoms with Crippen molar-refractivity contribution in [2.45, 2.75) is 13.3 Å². The monoisotopic (exact) mass is 202 g/mol. The third-order valence-corrected chi connectivity index (χ3v) is 1.89. The standard InChI is InChI=1S/C10H22N2O2/c1-5-6-12(4)10(13)9-14-8-7-11(2)3/h5-9H2,1-4H3. The van der Waals surface area contributed by atoms with Crippen molar-refractivity contribution in [2.24, 2.45) is 0 Å². The Hall–Kier alpha value is -0.610. The second kappa shape index (κ2) is 7.76. The zero-order valence-corrected chi connectivity index (χ0v) is 9.75. The fourth-order valence-electron chi connectivity index (χ4n) is 0.977. The molecule has 0 aliphatic rings. The molecule has 14 heavy (non-hydrogen) atoms. The van der Waals surface area contributed by atoms with Crippen LogP contribution in [-0.4, -0.2) is 63.2 Å². The van der Waals surface area contributed by atoms with Crippen molar-refractivity contribution in [3.63, 3.8) is 0 Å². The summed E-state index contributed by atoms with van der Waals surface area (Å²) >= 11 is 0. The fraction of sp³-hybridized carbons (Fsp3) is 0.900. The average Bonchev–Trinajstić information content (AvgIpc) is 2.12. The Morgan fingerprint density at radius 2 is 1.86 bits per heavy atom. The lowest BCUT2D eigenvalue weighted by Gasteiger charge is -2.16. The average molecular weight is 202 g/mol. The number of carbonyl (C=O) groups excluding carboxylic acids is 1. The molecule has 0 bridgehead atoms. The van der Waals surface area contributed by atoms with Crippen molar-refractivity contribution in [3.8, 4) is 0 Å². The molecule has 0 rings (SSSR count). The Morgan fingerprint density at radius 3 is 2.36 bits per heavy atom. The number of nitrogens with zero attached hydrogens (tertiary/aromatic N) is 2. The lowest BCUT2D eigenvalue weighted by atomic mass is 10.4. The Morgan fingerprint density at radius 1 is 1.21 bits per heavy atom. The molecule has 0 radical (unpaired) electrons. The van der Waals surface area contributed by atoms with Crippen LogP contribution >= 0.6 is 0 Å². The molecule has 4 heteroatoms. The SMILES string of the molecule is CCCN(C)C(=O)COCCN(C)C. The first-order chi connectivity index (χ1) is 6.57. The highest BCUT2D eigenvalue weighted by atomic mass is 16.5. The van der Waals surface area contributed by atoms with Crippen LogP contribution in [-0.2, 0) is 9.53 Å². The van der Waals surface area contributed by atoms with E-state index in [1.165, 1.54) is 0 Å². The number of amides is 1. The van der Waals surface area contributed by atoms with E-state index in [2.05, 4.69) is 6.92 Å². The van der Waals surface area contributed by atoms with Gasteiger partial charge in [-0.25, -0.2) is 0 Å². The summed E-state index contributed by atoms with van der Waals surface area (Å²) < 4.78 is 5.24. The van der Waals surface area contributed by atoms with Crippen molar-refractivity contribution < 1.29 is 9.53 Å². The lowest BCUT2D eigenvalue weighted by Crippen LogP contribution is -2.31. The summed E-state index contributed by atoms with van der Waals surface area (Å²) in [4.78, 5) is 15.1. The molecule has 0 saturated carbocycles. The quantitative estimate of drug-likeness (QED) is 0.561. The van der Waals surface area contributed by atoms with Gasteiger partial charge in [-0.05, 0) is 20.5 Å². The fourth-order valence-corrected chi connectivity index (χ4v) is 0.977. The van der Waals surface area contributed by atoms with Crippen LogP contribution in [0.1, 0.15) is 13.3 Å². The summed E-state index contributed by atoms with van der Waals surface area (Å²) in [6, 6.07) is 0. The van der Waals surface area contributed by atoms with Gasteiger partial charge in [0.15, 0.2) is 0 Å². The highest BCUT2D eigenvalue weighted by Gasteiger charge is 2.06. The largest absolute Gasteiger partial charge is 0.370 e. The molecule has 0 atom stereocenters. The van der Waals surface area contributed by atoms with Gasteiger partial charge >= 0.3 is 0 Å². The minimum absolute atomic E-state index is 0.0607. The van der Waals surface area contributed by atoms with Gasteiger partial charge in [-0.2, -0.15) is 0 Å². The minimum Gasteiger partial charge on any atom is -0.370 e. The molecule has 0 unspecified atom stereocenters. The molecule has 0 aliphatic heterocycles. The van der Waals surface area contributed by atoms with Gasteiger partial charge in [0.2, 0.25) is 5.91 Å². The van der Waals surface area contributed by atoms with Crippen molar-refractivity contribution in [1.29, 1.82) is 0 Å². The first kappa shape index (κ1) is 13.4. The summed E-state index contributed by atoms with van der Waals surface area (Å²) in [6.45, 7) is 4.51. The second-order valence-corrected chi connectivity index (χ2v) is 3.67. The molecular formula is C10H22N2O2. The Bertz CT molecular complexity index is 160. The number of hydrogen-bond donors (Lipinski definition) is 0. The second-order valence-electron chi connectivity index (χ2n) is 3.67. The van der Waals surface area contributed by atoms with Gasteiger partial charge in [0.05, 0.1) is 6.61 Å². The normalized spacial score (nSPS) is 10.6. The van der Waals surface area contributed by atoms with Gasteiger partial charge in [-0.1, -0.05) is 6.92 Å². The van der Waals surface area contributed by atoms with E-state index in [4.69, 9.17) is 4.74 Å². The third kappa shape index (κ3) is 6.86. The van der Waals surface area contributed by atoms with Gasteiger partial charge in [-0.3, -0.25) is 4.79 Å².